The second-order valence-electron chi connectivity index (χ2n) is 4.27. The highest BCUT2D eigenvalue weighted by molar-refractivity contribution is 5.93. The van der Waals surface area contributed by atoms with E-state index < -0.39 is 17.3 Å². The number of hydrogen-bond acceptors (Lipinski definition) is 5. The highest BCUT2D eigenvalue weighted by Crippen LogP contribution is 2.50. The summed E-state index contributed by atoms with van der Waals surface area (Å²) in [6.07, 6.45) is 2.72. The molecule has 1 aromatic rings. The van der Waals surface area contributed by atoms with Gasteiger partial charge in [0.05, 0.1) is 19.8 Å². The SMILES string of the molecule is COC(=O)c1cc(C2(N=C=O)CC2)cc(F)c1OC. The zero-order valence-electron chi connectivity index (χ0n) is 10.5. The molecule has 2 rings (SSSR count). The van der Waals surface area contributed by atoms with Gasteiger partial charge in [-0.1, -0.05) is 0 Å². The number of esters is 1. The molecule has 5 nitrogen and oxygen atoms in total. The van der Waals surface area contributed by atoms with Gasteiger partial charge in [0.1, 0.15) is 5.56 Å². The molecule has 6 heteroatoms. The number of benzene rings is 1. The number of isocyanates is 1. The Morgan fingerprint density at radius 2 is 2.11 bits per heavy atom. The molecule has 0 atom stereocenters. The standard InChI is InChI=1S/C13H12FNO4/c1-18-11-9(12(17)19-2)5-8(6-10(11)14)13(3-4-13)15-7-16/h5-6H,3-4H2,1-2H3. The van der Waals surface area contributed by atoms with E-state index in [0.717, 1.165) is 0 Å². The maximum absolute atomic E-state index is 13.9. The van der Waals surface area contributed by atoms with Gasteiger partial charge in [-0.05, 0) is 30.5 Å². The fourth-order valence-electron chi connectivity index (χ4n) is 2.00. The smallest absolute Gasteiger partial charge is 0.341 e. The third-order valence-corrected chi connectivity index (χ3v) is 3.17. The van der Waals surface area contributed by atoms with Crippen LogP contribution < -0.4 is 4.74 Å². The Hall–Kier alpha value is -2.20. The van der Waals surface area contributed by atoms with Crippen molar-refractivity contribution in [2.24, 2.45) is 4.99 Å². The van der Waals surface area contributed by atoms with Gasteiger partial charge in [-0.3, -0.25) is 0 Å². The minimum atomic E-state index is -0.752. The number of carbonyl (C=O) groups is 1. The molecule has 1 fully saturated rings. The number of nitrogens with zero attached hydrogens (tertiary/aromatic N) is 1. The molecule has 0 bridgehead atoms. The van der Waals surface area contributed by atoms with Crippen LogP contribution >= 0.6 is 0 Å². The van der Waals surface area contributed by atoms with Crippen LogP contribution in [0.1, 0.15) is 28.8 Å². The van der Waals surface area contributed by atoms with Crippen molar-refractivity contribution in [2.45, 2.75) is 18.4 Å². The van der Waals surface area contributed by atoms with E-state index in [9.17, 15) is 14.0 Å². The fraction of sp³-hybridized carbons (Fsp3) is 0.385. The molecule has 0 saturated heterocycles. The molecule has 1 aliphatic carbocycles. The van der Waals surface area contributed by atoms with E-state index in [1.807, 2.05) is 0 Å². The Labute approximate surface area is 109 Å². The maximum atomic E-state index is 13.9. The Balaban J connectivity index is 2.57. The molecule has 19 heavy (non-hydrogen) atoms. The molecule has 1 aliphatic rings. The second kappa shape index (κ2) is 4.82. The van der Waals surface area contributed by atoms with Gasteiger partial charge in [0.2, 0.25) is 6.08 Å². The van der Waals surface area contributed by atoms with Crippen LogP contribution in [0.3, 0.4) is 0 Å². The maximum Gasteiger partial charge on any atom is 0.341 e. The summed E-state index contributed by atoms with van der Waals surface area (Å²) in [4.78, 5) is 25.7. The van der Waals surface area contributed by atoms with Crippen LogP contribution in [0.15, 0.2) is 17.1 Å². The van der Waals surface area contributed by atoms with Crippen molar-refractivity contribution in [2.75, 3.05) is 14.2 Å². The van der Waals surface area contributed by atoms with Gasteiger partial charge in [-0.2, -0.15) is 4.99 Å². The Bertz CT molecular complexity index is 574. The third-order valence-electron chi connectivity index (χ3n) is 3.17. The van der Waals surface area contributed by atoms with Crippen LogP contribution in [0.4, 0.5) is 4.39 Å². The van der Waals surface area contributed by atoms with Gasteiger partial charge < -0.3 is 9.47 Å². The summed E-state index contributed by atoms with van der Waals surface area (Å²) in [6.45, 7) is 0. The van der Waals surface area contributed by atoms with Crippen LogP contribution in [0.2, 0.25) is 0 Å². The summed E-state index contributed by atoms with van der Waals surface area (Å²) in [5.41, 5.74) is -0.320. The molecular weight excluding hydrogens is 253 g/mol. The predicted molar refractivity (Wildman–Crippen MR) is 63.3 cm³/mol. The highest BCUT2D eigenvalue weighted by atomic mass is 19.1. The number of aliphatic imine (C=N–C) groups is 1. The first-order valence-corrected chi connectivity index (χ1v) is 5.63. The van der Waals surface area contributed by atoms with Crippen LogP contribution in [-0.2, 0) is 15.1 Å². The Kier molecular flexibility index (Phi) is 3.36. The molecule has 0 amide bonds. The lowest BCUT2D eigenvalue weighted by Crippen LogP contribution is -2.10. The minimum Gasteiger partial charge on any atom is -0.493 e. The van der Waals surface area contributed by atoms with Crippen molar-refractivity contribution in [3.63, 3.8) is 0 Å². The molecule has 0 spiro atoms. The summed E-state index contributed by atoms with van der Waals surface area (Å²) in [6, 6.07) is 2.67. The van der Waals surface area contributed by atoms with Crippen LogP contribution in [0.5, 0.6) is 5.75 Å². The number of carbonyl (C=O) groups excluding carboxylic acids is 2. The van der Waals surface area contributed by atoms with E-state index in [2.05, 4.69) is 9.73 Å². The fourth-order valence-corrected chi connectivity index (χ4v) is 2.00. The van der Waals surface area contributed by atoms with Gasteiger partial charge >= 0.3 is 5.97 Å². The van der Waals surface area contributed by atoms with Gasteiger partial charge in [-0.15, -0.1) is 0 Å². The number of halogens is 1. The quantitative estimate of drug-likeness (QED) is 0.474. The zero-order valence-corrected chi connectivity index (χ0v) is 10.5. The number of methoxy groups -OCH3 is 2. The minimum absolute atomic E-state index is 0.0210. The molecule has 0 unspecified atom stereocenters. The van der Waals surface area contributed by atoms with Crippen molar-refractivity contribution in [3.8, 4) is 5.75 Å². The summed E-state index contributed by atoms with van der Waals surface area (Å²) in [5.74, 6) is -1.57. The van der Waals surface area contributed by atoms with Crippen molar-refractivity contribution < 1.29 is 23.5 Å². The van der Waals surface area contributed by atoms with Gasteiger partial charge in [-0.25, -0.2) is 14.0 Å². The molecule has 1 saturated carbocycles. The zero-order chi connectivity index (χ0) is 14.0. The van der Waals surface area contributed by atoms with Crippen molar-refractivity contribution in [1.29, 1.82) is 0 Å². The van der Waals surface area contributed by atoms with Gasteiger partial charge in [0.25, 0.3) is 0 Å². The third kappa shape index (κ3) is 2.22. The average molecular weight is 265 g/mol. The van der Waals surface area contributed by atoms with Crippen LogP contribution in [0, 0.1) is 5.82 Å². The molecule has 0 heterocycles. The lowest BCUT2D eigenvalue weighted by Gasteiger charge is -2.13. The van der Waals surface area contributed by atoms with Gasteiger partial charge in [0.15, 0.2) is 11.6 Å². The normalized spacial score (nSPS) is 15.3. The molecular formula is C13H12FNO4. The molecule has 1 aromatic carbocycles. The lowest BCUT2D eigenvalue weighted by atomic mass is 10.0. The first-order chi connectivity index (χ1) is 9.07. The Morgan fingerprint density at radius 3 is 2.58 bits per heavy atom. The molecule has 100 valence electrons. The largest absolute Gasteiger partial charge is 0.493 e. The van der Waals surface area contributed by atoms with Crippen molar-refractivity contribution >= 4 is 12.0 Å². The van der Waals surface area contributed by atoms with E-state index >= 15 is 0 Å². The summed E-state index contributed by atoms with van der Waals surface area (Å²) < 4.78 is 23.4. The topological polar surface area (TPSA) is 65.0 Å². The van der Waals surface area contributed by atoms with Crippen molar-refractivity contribution in [1.82, 2.24) is 0 Å². The van der Waals surface area contributed by atoms with Crippen LogP contribution in [0.25, 0.3) is 0 Å². The van der Waals surface area contributed by atoms with E-state index in [4.69, 9.17) is 4.74 Å². The second-order valence-corrected chi connectivity index (χ2v) is 4.27. The van der Waals surface area contributed by atoms with Crippen LogP contribution in [-0.4, -0.2) is 26.3 Å². The summed E-state index contributed by atoms with van der Waals surface area (Å²) in [7, 11) is 2.46. The lowest BCUT2D eigenvalue weighted by molar-refractivity contribution is 0.0596. The molecule has 0 N–H and O–H groups in total. The van der Waals surface area contributed by atoms with E-state index in [0.29, 0.717) is 18.4 Å². The summed E-state index contributed by atoms with van der Waals surface area (Å²) >= 11 is 0. The number of hydrogen-bond donors (Lipinski definition) is 0. The highest BCUT2D eigenvalue weighted by Gasteiger charge is 2.46. The summed E-state index contributed by atoms with van der Waals surface area (Å²) in [5, 5.41) is 0. The first-order valence-electron chi connectivity index (χ1n) is 5.63. The van der Waals surface area contributed by atoms with E-state index in [1.165, 1.54) is 32.4 Å². The van der Waals surface area contributed by atoms with E-state index in [-0.39, 0.29) is 11.3 Å². The average Bonchev–Trinajstić information content (AvgIpc) is 3.18. The monoisotopic (exact) mass is 265 g/mol. The van der Waals surface area contributed by atoms with Crippen molar-refractivity contribution in [3.05, 3.63) is 29.1 Å². The van der Waals surface area contributed by atoms with E-state index in [1.54, 1.807) is 0 Å². The molecule has 0 aliphatic heterocycles. The molecule has 0 aromatic heterocycles. The predicted octanol–water partition coefficient (Wildman–Crippen LogP) is 1.95. The van der Waals surface area contributed by atoms with Gasteiger partial charge in [0, 0.05) is 0 Å². The Morgan fingerprint density at radius 1 is 1.42 bits per heavy atom. The number of rotatable bonds is 4. The number of ether oxygens (including phenoxy) is 2. The first kappa shape index (κ1) is 13.2. The molecule has 0 radical (unpaired) electrons.